The molecular weight excluding hydrogens is 342 g/mol. The van der Waals surface area contributed by atoms with Crippen LogP contribution in [-0.2, 0) is 24.3 Å². The Morgan fingerprint density at radius 3 is 2.78 bits per heavy atom. The van der Waals surface area contributed by atoms with Crippen LogP contribution in [0.3, 0.4) is 0 Å². The van der Waals surface area contributed by atoms with Crippen molar-refractivity contribution in [1.82, 2.24) is 9.97 Å². The summed E-state index contributed by atoms with van der Waals surface area (Å²) in [5.41, 5.74) is 1.27. The van der Waals surface area contributed by atoms with Crippen LogP contribution in [0.5, 0.6) is 0 Å². The molecule has 0 amide bonds. The minimum Gasteiger partial charge on any atom is -0.609 e. The Morgan fingerprint density at radius 1 is 1.48 bits per heavy atom. The predicted octanol–water partition coefficient (Wildman–Crippen LogP) is 1.67. The van der Waals surface area contributed by atoms with Crippen LogP contribution in [0.25, 0.3) is 0 Å². The van der Waals surface area contributed by atoms with E-state index in [0.717, 1.165) is 11.8 Å². The van der Waals surface area contributed by atoms with Gasteiger partial charge in [-0.1, -0.05) is 23.7 Å². The van der Waals surface area contributed by atoms with E-state index >= 15 is 0 Å². The van der Waals surface area contributed by atoms with Crippen molar-refractivity contribution in [3.8, 4) is 0 Å². The number of rotatable bonds is 6. The summed E-state index contributed by atoms with van der Waals surface area (Å²) in [6.07, 6.45) is 2.53. The molecule has 1 unspecified atom stereocenters. The zero-order valence-corrected chi connectivity index (χ0v) is 13.7. The lowest BCUT2D eigenvalue weighted by atomic mass is 10.1. The molecule has 0 spiro atoms. The lowest BCUT2D eigenvalue weighted by Crippen LogP contribution is -2.13. The molecule has 3 N–H and O–H groups in total. The van der Waals surface area contributed by atoms with Crippen molar-refractivity contribution < 1.29 is 19.6 Å². The van der Waals surface area contributed by atoms with Gasteiger partial charge in [-0.05, 0) is 17.2 Å². The summed E-state index contributed by atoms with van der Waals surface area (Å²) in [6, 6.07) is 5.11. The minimum atomic E-state index is -1.42. The first-order chi connectivity index (χ1) is 10.9. The highest BCUT2D eigenvalue weighted by Gasteiger charge is 2.17. The number of carbonyl (C=O) groups is 1. The summed E-state index contributed by atoms with van der Waals surface area (Å²) in [5.74, 6) is -1.10. The number of benzene rings is 1. The normalized spacial score (nSPS) is 12.0. The SMILES string of the molecule is C[S+]([O-])c1ncc(C(=O)O)c(NCc2ccc(CO)c(Cl)c2)n1. The second kappa shape index (κ2) is 7.60. The summed E-state index contributed by atoms with van der Waals surface area (Å²) in [6.45, 7) is 0.103. The van der Waals surface area contributed by atoms with Gasteiger partial charge in [-0.25, -0.2) is 4.79 Å². The van der Waals surface area contributed by atoms with Gasteiger partial charge in [-0.3, -0.25) is 0 Å². The molecule has 0 radical (unpaired) electrons. The molecule has 2 rings (SSSR count). The molecule has 9 heteroatoms. The molecule has 1 aromatic heterocycles. The van der Waals surface area contributed by atoms with Crippen LogP contribution in [0.15, 0.2) is 29.6 Å². The van der Waals surface area contributed by atoms with Crippen molar-refractivity contribution in [2.45, 2.75) is 18.3 Å². The van der Waals surface area contributed by atoms with E-state index in [1.807, 2.05) is 0 Å². The van der Waals surface area contributed by atoms with Gasteiger partial charge >= 0.3 is 11.1 Å². The Labute approximate surface area is 140 Å². The van der Waals surface area contributed by atoms with Gasteiger partial charge in [-0.15, -0.1) is 0 Å². The molecule has 7 nitrogen and oxygen atoms in total. The van der Waals surface area contributed by atoms with Gasteiger partial charge in [0.25, 0.3) is 0 Å². The molecule has 0 aliphatic rings. The Kier molecular flexibility index (Phi) is 5.78. The van der Waals surface area contributed by atoms with Gasteiger partial charge in [0, 0.05) is 22.7 Å². The van der Waals surface area contributed by atoms with Gasteiger partial charge in [0.1, 0.15) is 17.6 Å². The maximum Gasteiger partial charge on any atom is 0.344 e. The smallest absolute Gasteiger partial charge is 0.344 e. The van der Waals surface area contributed by atoms with Crippen LogP contribution in [-0.4, -0.2) is 37.0 Å². The third-order valence-corrected chi connectivity index (χ3v) is 4.06. The molecule has 0 saturated carbocycles. The summed E-state index contributed by atoms with van der Waals surface area (Å²) in [7, 11) is 0. The number of aliphatic hydroxyl groups is 1. The molecule has 2 aromatic rings. The summed E-state index contributed by atoms with van der Waals surface area (Å²) >= 11 is 4.59. The van der Waals surface area contributed by atoms with E-state index in [2.05, 4.69) is 15.3 Å². The van der Waals surface area contributed by atoms with Crippen molar-refractivity contribution in [1.29, 1.82) is 0 Å². The third kappa shape index (κ3) is 4.32. The molecule has 0 aliphatic heterocycles. The molecule has 1 heterocycles. The van der Waals surface area contributed by atoms with E-state index in [1.165, 1.54) is 6.26 Å². The van der Waals surface area contributed by atoms with Gasteiger partial charge in [0.2, 0.25) is 0 Å². The van der Waals surface area contributed by atoms with Crippen molar-refractivity contribution in [3.63, 3.8) is 0 Å². The van der Waals surface area contributed by atoms with Crippen molar-refractivity contribution in [3.05, 3.63) is 46.1 Å². The van der Waals surface area contributed by atoms with Crippen molar-refractivity contribution in [2.75, 3.05) is 11.6 Å². The number of aromatic nitrogens is 2. The number of halogens is 1. The fourth-order valence-corrected chi connectivity index (χ4v) is 2.49. The van der Waals surface area contributed by atoms with Crippen LogP contribution in [0.1, 0.15) is 21.5 Å². The number of anilines is 1. The first kappa shape index (κ1) is 17.5. The largest absolute Gasteiger partial charge is 0.609 e. The van der Waals surface area contributed by atoms with Crippen LogP contribution in [0.4, 0.5) is 5.82 Å². The second-order valence-corrected chi connectivity index (χ2v) is 6.29. The van der Waals surface area contributed by atoms with Crippen LogP contribution in [0.2, 0.25) is 5.02 Å². The van der Waals surface area contributed by atoms with E-state index in [9.17, 15) is 9.35 Å². The average Bonchev–Trinajstić information content (AvgIpc) is 2.52. The number of carboxylic acid groups (broad SMARTS) is 1. The quantitative estimate of drug-likeness (QED) is 0.532. The van der Waals surface area contributed by atoms with E-state index in [0.29, 0.717) is 10.6 Å². The highest BCUT2D eigenvalue weighted by Crippen LogP contribution is 2.20. The third-order valence-electron chi connectivity index (χ3n) is 3.00. The fourth-order valence-electron chi connectivity index (χ4n) is 1.81. The first-order valence-corrected chi connectivity index (χ1v) is 8.41. The highest BCUT2D eigenvalue weighted by atomic mass is 35.5. The van der Waals surface area contributed by atoms with Gasteiger partial charge in [0.15, 0.2) is 0 Å². The summed E-state index contributed by atoms with van der Waals surface area (Å²) in [4.78, 5) is 19.0. The number of nitrogens with zero attached hydrogens (tertiary/aromatic N) is 2. The molecule has 0 aliphatic carbocycles. The van der Waals surface area contributed by atoms with Gasteiger partial charge < -0.3 is 20.1 Å². The maximum atomic E-state index is 11.4. The van der Waals surface area contributed by atoms with Crippen LogP contribution in [0, 0.1) is 0 Å². The predicted molar refractivity (Wildman–Crippen MR) is 86.0 cm³/mol. The monoisotopic (exact) mass is 355 g/mol. The first-order valence-electron chi connectivity index (χ1n) is 6.48. The summed E-state index contributed by atoms with van der Waals surface area (Å²) in [5, 5.41) is 21.6. The average molecular weight is 356 g/mol. The number of hydrogen-bond donors (Lipinski definition) is 3. The lowest BCUT2D eigenvalue weighted by molar-refractivity contribution is 0.0696. The van der Waals surface area contributed by atoms with Crippen molar-refractivity contribution in [2.24, 2.45) is 0 Å². The molecule has 122 valence electrons. The Hall–Kier alpha value is -1.87. The standard InChI is InChI=1S/C14H14ClN3O4S/c1-23(22)14-17-6-10(13(20)21)12(18-14)16-5-8-2-3-9(7-19)11(15)4-8/h2-4,6,19H,5,7H2,1H3,(H,20,21)(H,16,17,18). The topological polar surface area (TPSA) is 118 Å². The fraction of sp³-hybridized carbons (Fsp3) is 0.214. The van der Waals surface area contributed by atoms with E-state index in [-0.39, 0.29) is 29.7 Å². The van der Waals surface area contributed by atoms with Crippen LogP contribution >= 0.6 is 11.6 Å². The number of hydrogen-bond acceptors (Lipinski definition) is 6. The van der Waals surface area contributed by atoms with E-state index in [1.54, 1.807) is 18.2 Å². The van der Waals surface area contributed by atoms with E-state index in [4.69, 9.17) is 21.8 Å². The summed E-state index contributed by atoms with van der Waals surface area (Å²) < 4.78 is 11.4. The zero-order valence-electron chi connectivity index (χ0n) is 12.1. The Bertz CT molecular complexity index is 727. The van der Waals surface area contributed by atoms with Crippen molar-refractivity contribution >= 4 is 34.6 Å². The molecule has 0 bridgehead atoms. The van der Waals surface area contributed by atoms with Gasteiger partial charge in [0.05, 0.1) is 12.8 Å². The highest BCUT2D eigenvalue weighted by molar-refractivity contribution is 7.90. The Morgan fingerprint density at radius 2 is 2.22 bits per heavy atom. The minimum absolute atomic E-state index is 0.0474. The zero-order chi connectivity index (χ0) is 17.0. The van der Waals surface area contributed by atoms with Crippen LogP contribution < -0.4 is 5.32 Å². The molecule has 0 saturated heterocycles. The number of aromatic carboxylic acids is 1. The number of carboxylic acids is 1. The number of nitrogens with one attached hydrogen (secondary N) is 1. The number of aliphatic hydroxyl groups excluding tert-OH is 1. The second-order valence-electron chi connectivity index (χ2n) is 4.61. The molecule has 23 heavy (non-hydrogen) atoms. The molecule has 1 aromatic carbocycles. The molecular formula is C14H14ClN3O4S. The Balaban J connectivity index is 2.23. The molecule has 1 atom stereocenters. The molecule has 0 fully saturated rings. The van der Waals surface area contributed by atoms with Gasteiger partial charge in [-0.2, -0.15) is 9.97 Å². The maximum absolute atomic E-state index is 11.4. The van der Waals surface area contributed by atoms with E-state index < -0.39 is 17.1 Å². The lowest BCUT2D eigenvalue weighted by Gasteiger charge is -2.11.